The summed E-state index contributed by atoms with van der Waals surface area (Å²) < 4.78 is 4.48. The van der Waals surface area contributed by atoms with Crippen LogP contribution in [0.1, 0.15) is 6.92 Å². The van der Waals surface area contributed by atoms with Gasteiger partial charge in [0.2, 0.25) is 0 Å². The molecule has 0 aliphatic carbocycles. The number of thiocarbonyl (C=S) groups is 1. The molecule has 0 aromatic rings. The van der Waals surface area contributed by atoms with Gasteiger partial charge in [0.15, 0.2) is 5.05 Å². The van der Waals surface area contributed by atoms with E-state index in [-0.39, 0.29) is 29.6 Å². The molecule has 0 heterocycles. The average Bonchev–Trinajstić information content (AvgIpc) is 1.38. The minimum Gasteiger partial charge on any atom is -0.491 e. The molecule has 0 saturated heterocycles. The molecular weight excluding hydrogens is 107 g/mol. The van der Waals surface area contributed by atoms with Gasteiger partial charge in [-0.15, -0.1) is 0 Å². The third-order valence-electron chi connectivity index (χ3n) is 0.287. The fourth-order valence-electron chi connectivity index (χ4n) is 0. The smallest absolute Gasteiger partial charge is 0.156 e. The summed E-state index contributed by atoms with van der Waals surface area (Å²) in [4.78, 5) is 0. The van der Waals surface area contributed by atoms with Gasteiger partial charge < -0.3 is 4.74 Å². The van der Waals surface area contributed by atoms with Crippen LogP contribution in [-0.2, 0) is 4.74 Å². The molecule has 0 unspecified atom stereocenters. The van der Waals surface area contributed by atoms with Crippen LogP contribution >= 0.6 is 12.2 Å². The normalized spacial score (nSPS) is 5.67. The van der Waals surface area contributed by atoms with E-state index < -0.39 is 0 Å². The molecule has 0 aromatic carbocycles. The summed E-state index contributed by atoms with van der Waals surface area (Å²) in [6.45, 7) is 1.73. The van der Waals surface area contributed by atoms with Crippen LogP contribution in [0.4, 0.5) is 0 Å². The molecule has 0 bridgehead atoms. The van der Waals surface area contributed by atoms with Crippen LogP contribution in [0.2, 0.25) is 0 Å². The number of ether oxygens (including phenoxy) is 1. The Kier molecular flexibility index (Phi) is 9.81. The van der Waals surface area contributed by atoms with Crippen LogP contribution in [0.5, 0.6) is 0 Å². The maximum absolute atomic E-state index is 4.48. The molecule has 1 radical (unpaired) electrons. The molecular formula is C3H6NaOS. The number of hydrogen-bond donors (Lipinski definition) is 0. The van der Waals surface area contributed by atoms with Crippen molar-refractivity contribution in [2.45, 2.75) is 6.92 Å². The Morgan fingerprint density at radius 2 is 1.83 bits per heavy atom. The van der Waals surface area contributed by atoms with Crippen molar-refractivity contribution in [3.63, 3.8) is 0 Å². The van der Waals surface area contributed by atoms with Crippen LogP contribution in [-0.4, -0.2) is 41.7 Å². The minimum atomic E-state index is 0. The Balaban J connectivity index is 0. The Hall–Kier alpha value is 0.890. The van der Waals surface area contributed by atoms with Gasteiger partial charge in [-0.05, 0) is 12.2 Å². The third-order valence-corrected chi connectivity index (χ3v) is 0.454. The van der Waals surface area contributed by atoms with E-state index in [1.807, 2.05) is 0 Å². The first-order valence-corrected chi connectivity index (χ1v) is 1.72. The first-order valence-electron chi connectivity index (χ1n) is 1.32. The average molecular weight is 113 g/mol. The maximum Gasteiger partial charge on any atom is 0.156 e. The predicted molar refractivity (Wildman–Crippen MR) is 31.0 cm³/mol. The number of methoxy groups -OCH3 is 1. The van der Waals surface area contributed by atoms with Gasteiger partial charge in [-0.1, -0.05) is 0 Å². The maximum atomic E-state index is 4.48. The monoisotopic (exact) mass is 113 g/mol. The van der Waals surface area contributed by atoms with Gasteiger partial charge in [-0.25, -0.2) is 0 Å². The minimum absolute atomic E-state index is 0. The summed E-state index contributed by atoms with van der Waals surface area (Å²) in [6.07, 6.45) is 0. The summed E-state index contributed by atoms with van der Waals surface area (Å²) in [5.41, 5.74) is 0. The van der Waals surface area contributed by atoms with Gasteiger partial charge in [0.25, 0.3) is 0 Å². The molecule has 31 valence electrons. The second kappa shape index (κ2) is 5.89. The summed E-state index contributed by atoms with van der Waals surface area (Å²) in [5, 5.41) is 0.588. The van der Waals surface area contributed by atoms with Gasteiger partial charge in [-0.2, -0.15) is 0 Å². The molecule has 0 spiro atoms. The van der Waals surface area contributed by atoms with Gasteiger partial charge >= 0.3 is 0 Å². The predicted octanol–water partition coefficient (Wildman–Crippen LogP) is 0.599. The topological polar surface area (TPSA) is 9.23 Å². The SMILES string of the molecule is COC(C)=S.[Na]. The van der Waals surface area contributed by atoms with Crippen molar-refractivity contribution in [1.82, 2.24) is 0 Å². The quantitative estimate of drug-likeness (QED) is 0.336. The van der Waals surface area contributed by atoms with Crippen molar-refractivity contribution in [2.75, 3.05) is 7.11 Å². The molecule has 0 aromatic heterocycles. The van der Waals surface area contributed by atoms with Crippen molar-refractivity contribution >= 4 is 46.8 Å². The first kappa shape index (κ1) is 10.00. The standard InChI is InChI=1S/C3H6OS.Na/c1-3(5)4-2;/h1-2H3;. The molecule has 0 amide bonds. The van der Waals surface area contributed by atoms with Crippen LogP contribution in [0.25, 0.3) is 0 Å². The largest absolute Gasteiger partial charge is 0.491 e. The third kappa shape index (κ3) is 8.86. The van der Waals surface area contributed by atoms with E-state index in [2.05, 4.69) is 17.0 Å². The van der Waals surface area contributed by atoms with E-state index in [0.29, 0.717) is 5.05 Å². The van der Waals surface area contributed by atoms with Crippen LogP contribution < -0.4 is 0 Å². The van der Waals surface area contributed by atoms with Crippen molar-refractivity contribution in [3.8, 4) is 0 Å². The number of rotatable bonds is 0. The van der Waals surface area contributed by atoms with E-state index in [0.717, 1.165) is 0 Å². The molecule has 0 atom stereocenters. The second-order valence-corrected chi connectivity index (χ2v) is 1.27. The second-order valence-electron chi connectivity index (χ2n) is 0.696. The molecule has 0 rings (SSSR count). The van der Waals surface area contributed by atoms with Crippen LogP contribution in [0, 0.1) is 0 Å². The fraction of sp³-hybridized carbons (Fsp3) is 0.667. The molecule has 1 nitrogen and oxygen atoms in total. The zero-order valence-corrected chi connectivity index (χ0v) is 7.13. The fourth-order valence-corrected chi connectivity index (χ4v) is 0. The Bertz CT molecular complexity index is 46.1. The van der Waals surface area contributed by atoms with Crippen molar-refractivity contribution < 1.29 is 4.74 Å². The summed E-state index contributed by atoms with van der Waals surface area (Å²) in [6, 6.07) is 0. The van der Waals surface area contributed by atoms with Crippen LogP contribution in [0.15, 0.2) is 0 Å². The van der Waals surface area contributed by atoms with E-state index in [9.17, 15) is 0 Å². The zero-order valence-electron chi connectivity index (χ0n) is 4.32. The molecule has 0 aliphatic heterocycles. The summed E-state index contributed by atoms with van der Waals surface area (Å²) in [5.74, 6) is 0. The van der Waals surface area contributed by atoms with Crippen molar-refractivity contribution in [1.29, 1.82) is 0 Å². The van der Waals surface area contributed by atoms with Gasteiger partial charge in [0, 0.05) is 36.5 Å². The summed E-state index contributed by atoms with van der Waals surface area (Å²) >= 11 is 4.47. The molecule has 3 heteroatoms. The molecule has 0 saturated carbocycles. The molecule has 6 heavy (non-hydrogen) atoms. The van der Waals surface area contributed by atoms with Crippen molar-refractivity contribution in [2.24, 2.45) is 0 Å². The van der Waals surface area contributed by atoms with Crippen LogP contribution in [0.3, 0.4) is 0 Å². The zero-order chi connectivity index (χ0) is 4.28. The van der Waals surface area contributed by atoms with E-state index in [1.54, 1.807) is 14.0 Å². The molecule has 0 fully saturated rings. The van der Waals surface area contributed by atoms with Crippen molar-refractivity contribution in [3.05, 3.63) is 0 Å². The van der Waals surface area contributed by atoms with Gasteiger partial charge in [0.1, 0.15) is 0 Å². The Morgan fingerprint density at radius 1 is 1.67 bits per heavy atom. The van der Waals surface area contributed by atoms with E-state index in [4.69, 9.17) is 0 Å². The Morgan fingerprint density at radius 3 is 1.83 bits per heavy atom. The Labute approximate surface area is 65.4 Å². The summed E-state index contributed by atoms with van der Waals surface area (Å²) in [7, 11) is 1.56. The van der Waals surface area contributed by atoms with Gasteiger partial charge in [0.05, 0.1) is 7.11 Å². The number of hydrogen-bond acceptors (Lipinski definition) is 2. The van der Waals surface area contributed by atoms with E-state index in [1.165, 1.54) is 0 Å². The molecule has 0 N–H and O–H groups in total. The van der Waals surface area contributed by atoms with Gasteiger partial charge in [-0.3, -0.25) is 0 Å². The van der Waals surface area contributed by atoms with E-state index >= 15 is 0 Å². The molecule has 0 aliphatic rings. The first-order chi connectivity index (χ1) is 2.27.